The van der Waals surface area contributed by atoms with Crippen LogP contribution in [0.5, 0.6) is 0 Å². The number of hydrogen-bond donors (Lipinski definition) is 1. The van der Waals surface area contributed by atoms with Gasteiger partial charge in [0.25, 0.3) is 0 Å². The molecule has 0 spiro atoms. The first-order valence-corrected chi connectivity index (χ1v) is 7.80. The van der Waals surface area contributed by atoms with Gasteiger partial charge >= 0.3 is 51.4 Å². The van der Waals surface area contributed by atoms with Crippen molar-refractivity contribution >= 4 is 16.0 Å². The molecule has 0 fully saturated rings. The van der Waals surface area contributed by atoms with Crippen LogP contribution >= 0.6 is 0 Å². The van der Waals surface area contributed by atoms with Crippen molar-refractivity contribution in [3.63, 3.8) is 0 Å². The molecule has 0 aromatic rings. The standard InChI is InChI=1S/C11H23NO4S.K/c1-2-3-4-5-6-7-8-9-17(15,16)12-10-11(13)14;/h12H,2-10H2,1H3,(H,13,14);/q;+1/p-1. The summed E-state index contributed by atoms with van der Waals surface area (Å²) in [5, 5.41) is 10.1. The molecule has 0 bridgehead atoms. The van der Waals surface area contributed by atoms with Crippen LogP contribution in [0.15, 0.2) is 0 Å². The van der Waals surface area contributed by atoms with Crippen LogP contribution in [-0.2, 0) is 14.8 Å². The Morgan fingerprint density at radius 1 is 1.06 bits per heavy atom. The molecule has 5 nitrogen and oxygen atoms in total. The van der Waals surface area contributed by atoms with Crippen LogP contribution < -0.4 is 61.2 Å². The number of rotatable bonds is 11. The Morgan fingerprint density at radius 2 is 1.56 bits per heavy atom. The van der Waals surface area contributed by atoms with E-state index in [1.807, 2.05) is 4.72 Å². The largest absolute Gasteiger partial charge is 1.00 e. The number of carboxylic acids is 1. The van der Waals surface area contributed by atoms with Crippen molar-refractivity contribution < 1.29 is 69.7 Å². The zero-order chi connectivity index (χ0) is 13.1. The Hall–Kier alpha value is 1.02. The Bertz CT molecular complexity index is 306. The average molecular weight is 303 g/mol. The minimum Gasteiger partial charge on any atom is -0.549 e. The van der Waals surface area contributed by atoms with Gasteiger partial charge in [-0.2, -0.15) is 0 Å². The van der Waals surface area contributed by atoms with Crippen molar-refractivity contribution in [3.8, 4) is 0 Å². The molecule has 0 heterocycles. The van der Waals surface area contributed by atoms with Gasteiger partial charge < -0.3 is 9.90 Å². The minimum atomic E-state index is -3.44. The fourth-order valence-corrected chi connectivity index (χ4v) is 2.56. The van der Waals surface area contributed by atoms with E-state index in [0.29, 0.717) is 6.42 Å². The fourth-order valence-electron chi connectivity index (χ4n) is 1.49. The molecular weight excluding hydrogens is 281 g/mol. The Balaban J connectivity index is 0. The molecule has 0 aliphatic rings. The first kappa shape index (κ1) is 21.3. The van der Waals surface area contributed by atoms with E-state index in [1.54, 1.807) is 0 Å². The first-order chi connectivity index (χ1) is 7.98. The van der Waals surface area contributed by atoms with Gasteiger partial charge in [-0.25, -0.2) is 13.1 Å². The van der Waals surface area contributed by atoms with E-state index < -0.39 is 22.5 Å². The SMILES string of the molecule is CCCCCCCCCS(=O)(=O)NCC(=O)[O-].[K+]. The van der Waals surface area contributed by atoms with E-state index in [1.165, 1.54) is 19.3 Å². The predicted octanol–water partition coefficient (Wildman–Crippen LogP) is -2.59. The van der Waals surface area contributed by atoms with Gasteiger partial charge in [0.15, 0.2) is 0 Å². The molecule has 0 aromatic heterocycles. The van der Waals surface area contributed by atoms with Crippen molar-refractivity contribution in [3.05, 3.63) is 0 Å². The molecule has 0 amide bonds. The molecule has 0 saturated carbocycles. The van der Waals surface area contributed by atoms with Gasteiger partial charge in [0.2, 0.25) is 10.0 Å². The summed E-state index contributed by atoms with van der Waals surface area (Å²) in [6.07, 6.45) is 7.25. The zero-order valence-electron chi connectivity index (χ0n) is 11.4. The van der Waals surface area contributed by atoms with Gasteiger partial charge in [0, 0.05) is 0 Å². The van der Waals surface area contributed by atoms with Crippen molar-refractivity contribution in [1.82, 2.24) is 4.72 Å². The maximum Gasteiger partial charge on any atom is 1.00 e. The normalized spacial score (nSPS) is 10.9. The second kappa shape index (κ2) is 13.0. The molecule has 0 aliphatic heterocycles. The summed E-state index contributed by atoms with van der Waals surface area (Å²) in [6.45, 7) is 1.51. The van der Waals surface area contributed by atoms with Gasteiger partial charge in [-0.1, -0.05) is 45.4 Å². The molecule has 0 aromatic carbocycles. The molecule has 0 rings (SSSR count). The van der Waals surface area contributed by atoms with E-state index in [2.05, 4.69) is 6.92 Å². The van der Waals surface area contributed by atoms with Gasteiger partial charge in [-0.15, -0.1) is 0 Å². The number of unbranched alkanes of at least 4 members (excludes halogenated alkanes) is 6. The number of carbonyl (C=O) groups excluding carboxylic acids is 1. The van der Waals surface area contributed by atoms with Crippen LogP contribution in [-0.4, -0.2) is 26.7 Å². The summed E-state index contributed by atoms with van der Waals surface area (Å²) in [6, 6.07) is 0. The third-order valence-corrected chi connectivity index (χ3v) is 3.86. The van der Waals surface area contributed by atoms with Crippen molar-refractivity contribution in [2.75, 3.05) is 12.3 Å². The number of sulfonamides is 1. The van der Waals surface area contributed by atoms with Gasteiger partial charge in [0.05, 0.1) is 18.3 Å². The summed E-state index contributed by atoms with van der Waals surface area (Å²) in [4.78, 5) is 10.1. The smallest absolute Gasteiger partial charge is 0.549 e. The predicted molar refractivity (Wildman–Crippen MR) is 64.8 cm³/mol. The molecule has 18 heavy (non-hydrogen) atoms. The van der Waals surface area contributed by atoms with Crippen molar-refractivity contribution in [2.45, 2.75) is 51.9 Å². The zero-order valence-corrected chi connectivity index (χ0v) is 15.3. The number of hydrogen-bond acceptors (Lipinski definition) is 4. The van der Waals surface area contributed by atoms with Crippen LogP contribution in [0.1, 0.15) is 51.9 Å². The summed E-state index contributed by atoms with van der Waals surface area (Å²) in [5.74, 6) is -1.42. The fraction of sp³-hybridized carbons (Fsp3) is 0.909. The minimum absolute atomic E-state index is 0. The first-order valence-electron chi connectivity index (χ1n) is 6.15. The van der Waals surface area contributed by atoms with E-state index in [-0.39, 0.29) is 57.1 Å². The van der Waals surface area contributed by atoms with Gasteiger partial charge in [-0.05, 0) is 6.42 Å². The molecule has 0 unspecified atom stereocenters. The number of aliphatic carboxylic acids is 1. The molecule has 0 atom stereocenters. The van der Waals surface area contributed by atoms with E-state index >= 15 is 0 Å². The second-order valence-corrected chi connectivity index (χ2v) is 6.06. The van der Waals surface area contributed by atoms with Crippen LogP contribution in [0.4, 0.5) is 0 Å². The average Bonchev–Trinajstić information content (AvgIpc) is 2.25. The number of nitrogens with one attached hydrogen (secondary N) is 1. The molecule has 0 aliphatic carbocycles. The van der Waals surface area contributed by atoms with Crippen LogP contribution in [0.2, 0.25) is 0 Å². The van der Waals surface area contributed by atoms with Crippen LogP contribution in [0.3, 0.4) is 0 Å². The van der Waals surface area contributed by atoms with Crippen LogP contribution in [0, 0.1) is 0 Å². The van der Waals surface area contributed by atoms with Crippen molar-refractivity contribution in [1.29, 1.82) is 0 Å². The molecule has 0 radical (unpaired) electrons. The topological polar surface area (TPSA) is 86.3 Å². The second-order valence-electron chi connectivity index (χ2n) is 4.13. The third-order valence-electron chi connectivity index (χ3n) is 2.45. The monoisotopic (exact) mass is 303 g/mol. The number of carbonyl (C=O) groups is 1. The summed E-state index contributed by atoms with van der Waals surface area (Å²) in [7, 11) is -3.44. The van der Waals surface area contributed by atoms with E-state index in [4.69, 9.17) is 0 Å². The third kappa shape index (κ3) is 15.1. The molecule has 7 heteroatoms. The molecular formula is C11H22KNO4S. The Kier molecular flexibility index (Phi) is 15.4. The van der Waals surface area contributed by atoms with Gasteiger partial charge in [-0.3, -0.25) is 0 Å². The summed E-state index contributed by atoms with van der Waals surface area (Å²) < 4.78 is 24.5. The van der Waals surface area contributed by atoms with Crippen molar-refractivity contribution in [2.24, 2.45) is 0 Å². The number of carboxylic acid groups (broad SMARTS) is 1. The quantitative estimate of drug-likeness (QED) is 0.335. The summed E-state index contributed by atoms with van der Waals surface area (Å²) >= 11 is 0. The van der Waals surface area contributed by atoms with E-state index in [0.717, 1.165) is 19.3 Å². The molecule has 0 saturated heterocycles. The molecule has 1 N–H and O–H groups in total. The van der Waals surface area contributed by atoms with Gasteiger partial charge in [0.1, 0.15) is 0 Å². The maximum absolute atomic E-state index is 11.3. The summed E-state index contributed by atoms with van der Waals surface area (Å²) in [5.41, 5.74) is 0. The Labute approximate surface area is 153 Å². The molecule has 102 valence electrons. The van der Waals surface area contributed by atoms with E-state index in [9.17, 15) is 18.3 Å². The maximum atomic E-state index is 11.3. The van der Waals surface area contributed by atoms with Crippen LogP contribution in [0.25, 0.3) is 0 Å². The Morgan fingerprint density at radius 3 is 2.06 bits per heavy atom.